The number of aryl methyl sites for hydroxylation is 2. The Labute approximate surface area is 109 Å². The lowest BCUT2D eigenvalue weighted by Crippen LogP contribution is -2.25. The molecule has 0 heterocycles. The van der Waals surface area contributed by atoms with Crippen molar-refractivity contribution >= 4 is 17.3 Å². The number of carbonyl (C=O) groups excluding carboxylic acids is 1. The van der Waals surface area contributed by atoms with Gasteiger partial charge in [0.15, 0.2) is 0 Å². The number of nitrogens with one attached hydrogen (secondary N) is 1. The van der Waals surface area contributed by atoms with Crippen molar-refractivity contribution in [3.63, 3.8) is 0 Å². The molecule has 1 fully saturated rings. The molecule has 0 atom stereocenters. The molecule has 0 aliphatic heterocycles. The molecule has 3 heteroatoms. The van der Waals surface area contributed by atoms with Gasteiger partial charge in [0.25, 0.3) is 0 Å². The van der Waals surface area contributed by atoms with Gasteiger partial charge in [-0.2, -0.15) is 0 Å². The predicted molar refractivity (Wildman–Crippen MR) is 75.5 cm³/mol. The van der Waals surface area contributed by atoms with Gasteiger partial charge < -0.3 is 11.1 Å². The second kappa shape index (κ2) is 5.42. The minimum atomic E-state index is 0.133. The number of hydrogen-bond acceptors (Lipinski definition) is 2. The molecule has 1 aromatic rings. The van der Waals surface area contributed by atoms with Gasteiger partial charge in [0.05, 0.1) is 11.4 Å². The zero-order chi connectivity index (χ0) is 13.1. The molecular formula is C15H22N2O. The third kappa shape index (κ3) is 2.84. The fraction of sp³-hybridized carbons (Fsp3) is 0.533. The SMILES string of the molecule is Cc1cc(C)c(NC(=O)C2CCCCC2)c(N)c1. The first-order valence-corrected chi connectivity index (χ1v) is 6.75. The van der Waals surface area contributed by atoms with Crippen LogP contribution in [-0.4, -0.2) is 5.91 Å². The summed E-state index contributed by atoms with van der Waals surface area (Å²) < 4.78 is 0. The average molecular weight is 246 g/mol. The van der Waals surface area contributed by atoms with Crippen molar-refractivity contribution in [1.82, 2.24) is 0 Å². The Morgan fingerprint density at radius 3 is 2.50 bits per heavy atom. The smallest absolute Gasteiger partial charge is 0.227 e. The summed E-state index contributed by atoms with van der Waals surface area (Å²) in [4.78, 5) is 12.2. The van der Waals surface area contributed by atoms with Crippen LogP contribution in [0.15, 0.2) is 12.1 Å². The summed E-state index contributed by atoms with van der Waals surface area (Å²) in [6.07, 6.45) is 5.61. The molecular weight excluding hydrogens is 224 g/mol. The maximum absolute atomic E-state index is 12.2. The van der Waals surface area contributed by atoms with Crippen LogP contribution in [0.1, 0.15) is 43.2 Å². The van der Waals surface area contributed by atoms with Crippen LogP contribution < -0.4 is 11.1 Å². The van der Waals surface area contributed by atoms with Gasteiger partial charge in [-0.15, -0.1) is 0 Å². The Balaban J connectivity index is 2.11. The van der Waals surface area contributed by atoms with E-state index in [0.29, 0.717) is 5.69 Å². The maximum atomic E-state index is 12.2. The summed E-state index contributed by atoms with van der Waals surface area (Å²) in [6, 6.07) is 3.95. The van der Waals surface area contributed by atoms with Crippen molar-refractivity contribution in [2.24, 2.45) is 5.92 Å². The summed E-state index contributed by atoms with van der Waals surface area (Å²) in [5.74, 6) is 0.298. The molecule has 1 aromatic carbocycles. The van der Waals surface area contributed by atoms with Crippen LogP contribution in [0.5, 0.6) is 0 Å². The number of nitrogens with two attached hydrogens (primary N) is 1. The first kappa shape index (κ1) is 12.9. The van der Waals surface area contributed by atoms with E-state index in [1.54, 1.807) is 0 Å². The van der Waals surface area contributed by atoms with Crippen LogP contribution in [0, 0.1) is 19.8 Å². The van der Waals surface area contributed by atoms with Crippen LogP contribution in [0.3, 0.4) is 0 Å². The summed E-state index contributed by atoms with van der Waals surface area (Å²) in [5.41, 5.74) is 9.60. The molecule has 18 heavy (non-hydrogen) atoms. The normalized spacial score (nSPS) is 16.6. The van der Waals surface area contributed by atoms with Crippen molar-refractivity contribution in [2.45, 2.75) is 46.0 Å². The Bertz CT molecular complexity index is 425. The Hall–Kier alpha value is -1.51. The molecule has 1 amide bonds. The zero-order valence-electron chi connectivity index (χ0n) is 11.3. The lowest BCUT2D eigenvalue weighted by Gasteiger charge is -2.22. The zero-order valence-corrected chi connectivity index (χ0v) is 11.3. The van der Waals surface area contributed by atoms with Crippen molar-refractivity contribution in [3.8, 4) is 0 Å². The first-order valence-electron chi connectivity index (χ1n) is 6.75. The molecule has 0 spiro atoms. The average Bonchev–Trinajstić information content (AvgIpc) is 2.34. The summed E-state index contributed by atoms with van der Waals surface area (Å²) in [6.45, 7) is 4.00. The second-order valence-corrected chi connectivity index (χ2v) is 5.37. The lowest BCUT2D eigenvalue weighted by molar-refractivity contribution is -0.120. The molecule has 0 unspecified atom stereocenters. The van der Waals surface area contributed by atoms with Gasteiger partial charge in [0.2, 0.25) is 5.91 Å². The minimum Gasteiger partial charge on any atom is -0.397 e. The molecule has 1 aliphatic rings. The Morgan fingerprint density at radius 2 is 1.89 bits per heavy atom. The number of nitrogen functional groups attached to an aromatic ring is 1. The lowest BCUT2D eigenvalue weighted by atomic mass is 9.88. The van der Waals surface area contributed by atoms with Crippen molar-refractivity contribution in [1.29, 1.82) is 0 Å². The summed E-state index contributed by atoms with van der Waals surface area (Å²) in [5, 5.41) is 3.01. The molecule has 0 aromatic heterocycles. The van der Waals surface area contributed by atoms with Gasteiger partial charge in [-0.05, 0) is 43.9 Å². The number of carbonyl (C=O) groups is 1. The molecule has 0 radical (unpaired) electrons. The van der Waals surface area contributed by atoms with Gasteiger partial charge >= 0.3 is 0 Å². The highest BCUT2D eigenvalue weighted by Crippen LogP contribution is 2.28. The third-order valence-corrected chi connectivity index (χ3v) is 3.73. The highest BCUT2D eigenvalue weighted by molar-refractivity contribution is 5.96. The van der Waals surface area contributed by atoms with Crippen LogP contribution in [0.25, 0.3) is 0 Å². The third-order valence-electron chi connectivity index (χ3n) is 3.73. The van der Waals surface area contributed by atoms with Crippen LogP contribution in [0.2, 0.25) is 0 Å². The van der Waals surface area contributed by atoms with Gasteiger partial charge in [-0.25, -0.2) is 0 Å². The van der Waals surface area contributed by atoms with E-state index in [9.17, 15) is 4.79 Å². The molecule has 1 saturated carbocycles. The van der Waals surface area contributed by atoms with Gasteiger partial charge in [0, 0.05) is 5.92 Å². The summed E-state index contributed by atoms with van der Waals surface area (Å²) >= 11 is 0. The molecule has 0 saturated heterocycles. The van der Waals surface area contributed by atoms with E-state index in [4.69, 9.17) is 5.73 Å². The van der Waals surface area contributed by atoms with E-state index in [0.717, 1.165) is 29.7 Å². The fourth-order valence-electron chi connectivity index (χ4n) is 2.76. The van der Waals surface area contributed by atoms with E-state index in [1.165, 1.54) is 19.3 Å². The van der Waals surface area contributed by atoms with E-state index in [-0.39, 0.29) is 11.8 Å². The topological polar surface area (TPSA) is 55.1 Å². The maximum Gasteiger partial charge on any atom is 0.227 e. The van der Waals surface area contributed by atoms with E-state index in [1.807, 2.05) is 26.0 Å². The van der Waals surface area contributed by atoms with Crippen LogP contribution in [-0.2, 0) is 4.79 Å². The Morgan fingerprint density at radius 1 is 1.22 bits per heavy atom. The Kier molecular flexibility index (Phi) is 3.90. The van der Waals surface area contributed by atoms with Crippen LogP contribution >= 0.6 is 0 Å². The van der Waals surface area contributed by atoms with E-state index in [2.05, 4.69) is 5.32 Å². The van der Waals surface area contributed by atoms with Gasteiger partial charge in [-0.1, -0.05) is 25.3 Å². The fourth-order valence-corrected chi connectivity index (χ4v) is 2.76. The van der Waals surface area contributed by atoms with Gasteiger partial charge in [0.1, 0.15) is 0 Å². The molecule has 98 valence electrons. The molecule has 3 nitrogen and oxygen atoms in total. The molecule has 2 rings (SSSR count). The number of anilines is 2. The predicted octanol–water partition coefficient (Wildman–Crippen LogP) is 3.40. The quantitative estimate of drug-likeness (QED) is 0.786. The largest absolute Gasteiger partial charge is 0.397 e. The first-order chi connectivity index (χ1) is 8.58. The molecule has 0 bridgehead atoms. The monoisotopic (exact) mass is 246 g/mol. The van der Waals surface area contributed by atoms with Crippen molar-refractivity contribution in [2.75, 3.05) is 11.1 Å². The highest BCUT2D eigenvalue weighted by atomic mass is 16.1. The minimum absolute atomic E-state index is 0.133. The van der Waals surface area contributed by atoms with Crippen molar-refractivity contribution in [3.05, 3.63) is 23.3 Å². The van der Waals surface area contributed by atoms with Crippen LogP contribution in [0.4, 0.5) is 11.4 Å². The van der Waals surface area contributed by atoms with E-state index >= 15 is 0 Å². The number of amides is 1. The summed E-state index contributed by atoms with van der Waals surface area (Å²) in [7, 11) is 0. The number of benzene rings is 1. The number of hydrogen-bond donors (Lipinski definition) is 2. The standard InChI is InChI=1S/C15H22N2O/c1-10-8-11(2)14(13(16)9-10)17-15(18)12-6-4-3-5-7-12/h8-9,12H,3-7,16H2,1-2H3,(H,17,18). The molecule has 3 N–H and O–H groups in total. The van der Waals surface area contributed by atoms with E-state index < -0.39 is 0 Å². The highest BCUT2D eigenvalue weighted by Gasteiger charge is 2.22. The van der Waals surface area contributed by atoms with Gasteiger partial charge in [-0.3, -0.25) is 4.79 Å². The number of rotatable bonds is 2. The second-order valence-electron chi connectivity index (χ2n) is 5.37. The molecule has 1 aliphatic carbocycles. The van der Waals surface area contributed by atoms with Crippen molar-refractivity contribution < 1.29 is 4.79 Å².